The molecule has 0 heterocycles. The number of benzene rings is 3. The van der Waals surface area contributed by atoms with Gasteiger partial charge >= 0.3 is 5.97 Å². The van der Waals surface area contributed by atoms with Crippen LogP contribution in [0.4, 0.5) is 0 Å². The van der Waals surface area contributed by atoms with Crippen LogP contribution >= 0.6 is 0 Å². The maximum absolute atomic E-state index is 12.3. The van der Waals surface area contributed by atoms with Gasteiger partial charge in [0.25, 0.3) is 0 Å². The third-order valence-electron chi connectivity index (χ3n) is 4.12. The number of hydrogen-bond donors (Lipinski definition) is 0. The van der Waals surface area contributed by atoms with Gasteiger partial charge in [0, 0.05) is 0 Å². The normalized spacial score (nSPS) is 10.8. The minimum Gasteiger partial charge on any atom is -0.465 e. The summed E-state index contributed by atoms with van der Waals surface area (Å²) in [5, 5.41) is 0. The molecule has 0 radical (unpaired) electrons. The number of hydrogen-bond acceptors (Lipinski definition) is 2. The fourth-order valence-electron chi connectivity index (χ4n) is 2.87. The first kappa shape index (κ1) is 16.7. The SMILES string of the molecule is COC(=O)c1c(C)cc(-c2ccccc2)cc1/C=C/c1ccccc1. The lowest BCUT2D eigenvalue weighted by atomic mass is 9.94. The molecule has 0 spiro atoms. The first-order valence-corrected chi connectivity index (χ1v) is 8.20. The van der Waals surface area contributed by atoms with Crippen molar-refractivity contribution in [3.05, 3.63) is 95.1 Å². The Kier molecular flexibility index (Phi) is 5.10. The smallest absolute Gasteiger partial charge is 0.338 e. The molecule has 0 N–H and O–H groups in total. The molecule has 3 rings (SSSR count). The molecule has 3 aromatic rings. The topological polar surface area (TPSA) is 26.3 Å². The Labute approximate surface area is 148 Å². The number of esters is 1. The van der Waals surface area contributed by atoms with Crippen molar-refractivity contribution in [2.24, 2.45) is 0 Å². The maximum Gasteiger partial charge on any atom is 0.338 e. The number of carbonyl (C=O) groups is 1. The Bertz CT molecular complexity index is 894. The zero-order valence-corrected chi connectivity index (χ0v) is 14.4. The van der Waals surface area contributed by atoms with Crippen molar-refractivity contribution in [3.63, 3.8) is 0 Å². The van der Waals surface area contributed by atoms with Crippen molar-refractivity contribution in [1.29, 1.82) is 0 Å². The number of methoxy groups -OCH3 is 1. The van der Waals surface area contributed by atoms with Gasteiger partial charge in [-0.2, -0.15) is 0 Å². The Balaban J connectivity index is 2.11. The Morgan fingerprint density at radius 3 is 2.12 bits per heavy atom. The molecular formula is C23H20O2. The predicted octanol–water partition coefficient (Wildman–Crippen LogP) is 5.62. The molecule has 0 aliphatic rings. The largest absolute Gasteiger partial charge is 0.465 e. The molecular weight excluding hydrogens is 308 g/mol. The van der Waals surface area contributed by atoms with Crippen LogP contribution in [0.3, 0.4) is 0 Å². The zero-order valence-electron chi connectivity index (χ0n) is 14.4. The van der Waals surface area contributed by atoms with Gasteiger partial charge in [-0.25, -0.2) is 4.79 Å². The van der Waals surface area contributed by atoms with E-state index < -0.39 is 0 Å². The predicted molar refractivity (Wildman–Crippen MR) is 103 cm³/mol. The summed E-state index contributed by atoms with van der Waals surface area (Å²) in [6.07, 6.45) is 3.98. The number of ether oxygens (including phenoxy) is 1. The standard InChI is InChI=1S/C23H20O2/c1-17-15-21(19-11-7-4-8-12-19)16-20(22(17)23(24)25-2)14-13-18-9-5-3-6-10-18/h3-16H,1-2H3/b14-13+. The van der Waals surface area contributed by atoms with E-state index in [0.29, 0.717) is 5.56 Å². The first-order valence-electron chi connectivity index (χ1n) is 8.20. The third-order valence-corrected chi connectivity index (χ3v) is 4.12. The molecule has 2 nitrogen and oxygen atoms in total. The van der Waals surface area contributed by atoms with Gasteiger partial charge in [0.2, 0.25) is 0 Å². The van der Waals surface area contributed by atoms with Crippen LogP contribution in [0.5, 0.6) is 0 Å². The van der Waals surface area contributed by atoms with Crippen LogP contribution in [-0.2, 0) is 4.74 Å². The summed E-state index contributed by atoms with van der Waals surface area (Å²) in [6.45, 7) is 1.94. The highest BCUT2D eigenvalue weighted by Crippen LogP contribution is 2.27. The van der Waals surface area contributed by atoms with Gasteiger partial charge in [-0.15, -0.1) is 0 Å². The molecule has 0 atom stereocenters. The van der Waals surface area contributed by atoms with Crippen LogP contribution in [0.2, 0.25) is 0 Å². The summed E-state index contributed by atoms with van der Waals surface area (Å²) in [6, 6.07) is 24.2. The fraction of sp³-hybridized carbons (Fsp3) is 0.0870. The van der Waals surface area contributed by atoms with Crippen LogP contribution in [0, 0.1) is 6.92 Å². The molecule has 2 heteroatoms. The molecule has 3 aromatic carbocycles. The molecule has 25 heavy (non-hydrogen) atoms. The highest BCUT2D eigenvalue weighted by Gasteiger charge is 2.15. The van der Waals surface area contributed by atoms with Crippen molar-refractivity contribution in [3.8, 4) is 11.1 Å². The quantitative estimate of drug-likeness (QED) is 0.459. The monoisotopic (exact) mass is 328 g/mol. The second-order valence-electron chi connectivity index (χ2n) is 5.86. The number of carbonyl (C=O) groups excluding carboxylic acids is 1. The van der Waals surface area contributed by atoms with Crippen LogP contribution in [0.1, 0.15) is 27.0 Å². The molecule has 0 saturated heterocycles. The molecule has 0 bridgehead atoms. The van der Waals surface area contributed by atoms with E-state index >= 15 is 0 Å². The zero-order chi connectivity index (χ0) is 17.6. The summed E-state index contributed by atoms with van der Waals surface area (Å²) in [4.78, 5) is 12.3. The minimum absolute atomic E-state index is 0.315. The van der Waals surface area contributed by atoms with Crippen molar-refractivity contribution >= 4 is 18.1 Å². The fourth-order valence-corrected chi connectivity index (χ4v) is 2.87. The van der Waals surface area contributed by atoms with Crippen LogP contribution in [0.25, 0.3) is 23.3 Å². The van der Waals surface area contributed by atoms with Gasteiger partial charge < -0.3 is 4.74 Å². The van der Waals surface area contributed by atoms with E-state index in [2.05, 4.69) is 12.1 Å². The highest BCUT2D eigenvalue weighted by atomic mass is 16.5. The summed E-state index contributed by atoms with van der Waals surface area (Å²) in [5.74, 6) is -0.315. The lowest BCUT2D eigenvalue weighted by molar-refractivity contribution is 0.0599. The average Bonchev–Trinajstić information content (AvgIpc) is 2.67. The van der Waals surface area contributed by atoms with Gasteiger partial charge in [0.1, 0.15) is 0 Å². The van der Waals surface area contributed by atoms with E-state index in [9.17, 15) is 4.79 Å². The minimum atomic E-state index is -0.315. The first-order chi connectivity index (χ1) is 12.2. The lowest BCUT2D eigenvalue weighted by Gasteiger charge is -2.12. The molecule has 0 fully saturated rings. The second-order valence-corrected chi connectivity index (χ2v) is 5.86. The van der Waals surface area contributed by atoms with E-state index in [1.165, 1.54) is 7.11 Å². The maximum atomic E-state index is 12.3. The average molecular weight is 328 g/mol. The number of aryl methyl sites for hydroxylation is 1. The van der Waals surface area contributed by atoms with E-state index in [1.54, 1.807) is 0 Å². The second kappa shape index (κ2) is 7.63. The van der Waals surface area contributed by atoms with Crippen LogP contribution in [0.15, 0.2) is 72.8 Å². The van der Waals surface area contributed by atoms with Gasteiger partial charge in [-0.05, 0) is 40.8 Å². The Hall–Kier alpha value is -3.13. The highest BCUT2D eigenvalue weighted by molar-refractivity contribution is 5.97. The van der Waals surface area contributed by atoms with E-state index in [0.717, 1.165) is 27.8 Å². The summed E-state index contributed by atoms with van der Waals surface area (Å²) in [5.41, 5.74) is 5.65. The van der Waals surface area contributed by atoms with Crippen LogP contribution in [-0.4, -0.2) is 13.1 Å². The van der Waals surface area contributed by atoms with Gasteiger partial charge in [-0.3, -0.25) is 0 Å². The molecule has 124 valence electrons. The van der Waals surface area contributed by atoms with E-state index in [4.69, 9.17) is 4.74 Å². The summed E-state index contributed by atoms with van der Waals surface area (Å²) < 4.78 is 4.98. The van der Waals surface area contributed by atoms with Crippen molar-refractivity contribution < 1.29 is 9.53 Å². The third kappa shape index (κ3) is 3.86. The Morgan fingerprint density at radius 2 is 1.48 bits per heavy atom. The Morgan fingerprint density at radius 1 is 0.840 bits per heavy atom. The molecule has 0 unspecified atom stereocenters. The van der Waals surface area contributed by atoms with Gasteiger partial charge in [0.05, 0.1) is 12.7 Å². The van der Waals surface area contributed by atoms with Crippen LogP contribution < -0.4 is 0 Å². The van der Waals surface area contributed by atoms with Crippen molar-refractivity contribution in [2.45, 2.75) is 6.92 Å². The molecule has 0 amide bonds. The molecule has 0 aliphatic carbocycles. The van der Waals surface area contributed by atoms with Gasteiger partial charge in [-0.1, -0.05) is 78.9 Å². The summed E-state index contributed by atoms with van der Waals surface area (Å²) in [7, 11) is 1.41. The van der Waals surface area contributed by atoms with Crippen molar-refractivity contribution in [2.75, 3.05) is 7.11 Å². The molecule has 0 aromatic heterocycles. The molecule has 0 aliphatic heterocycles. The van der Waals surface area contributed by atoms with E-state index in [-0.39, 0.29) is 5.97 Å². The van der Waals surface area contributed by atoms with Crippen molar-refractivity contribution in [1.82, 2.24) is 0 Å². The summed E-state index contributed by atoms with van der Waals surface area (Å²) >= 11 is 0. The lowest BCUT2D eigenvalue weighted by Crippen LogP contribution is -2.06. The van der Waals surface area contributed by atoms with Gasteiger partial charge in [0.15, 0.2) is 0 Å². The number of rotatable bonds is 4. The molecule has 0 saturated carbocycles. The van der Waals surface area contributed by atoms with E-state index in [1.807, 2.05) is 79.7 Å².